The Kier molecular flexibility index (Phi) is 8.59. The van der Waals surface area contributed by atoms with Crippen LogP contribution in [0.15, 0.2) is 83.0 Å². The Hall–Kier alpha value is -3.14. The highest BCUT2D eigenvalue weighted by Gasteiger charge is 2.37. The van der Waals surface area contributed by atoms with E-state index in [0.29, 0.717) is 11.5 Å². The normalized spacial score (nSPS) is 19.6. The Morgan fingerprint density at radius 2 is 1.72 bits per heavy atom. The van der Waals surface area contributed by atoms with E-state index in [0.717, 1.165) is 30.2 Å². The van der Waals surface area contributed by atoms with Crippen molar-refractivity contribution in [1.82, 2.24) is 0 Å². The number of aliphatic carboxylic acids is 1. The van der Waals surface area contributed by atoms with Crippen molar-refractivity contribution in [3.8, 4) is 0 Å². The van der Waals surface area contributed by atoms with Gasteiger partial charge in [-0.05, 0) is 79.9 Å². The van der Waals surface area contributed by atoms with Gasteiger partial charge in [-0.25, -0.2) is 0 Å². The summed E-state index contributed by atoms with van der Waals surface area (Å²) in [5.74, 6) is -0.863. The van der Waals surface area contributed by atoms with Crippen LogP contribution < -0.4 is 10.4 Å². The fraction of sp³-hybridized carbons (Fsp3) is 0.357. The fourth-order valence-electron chi connectivity index (χ4n) is 4.39. The maximum atomic E-state index is 11.3. The number of nitrogens with one attached hydrogen (secondary N) is 1. The number of rotatable bonds is 7. The summed E-state index contributed by atoms with van der Waals surface area (Å²) in [6.07, 6.45) is 13.1. The molecule has 1 aliphatic rings. The number of carboxylic acid groups (broad SMARTS) is 1. The predicted octanol–water partition coefficient (Wildman–Crippen LogP) is 5.62. The second-order valence-corrected chi connectivity index (χ2v) is 9.12. The third-order valence-electron chi connectivity index (χ3n) is 6.04. The standard InChI is InChI=1S/C28H35NO3/c1-19(8-7-9-20(2)18-27(31)32)10-16-25-21(3)11-17-26(28(25,5)6)23-12-14-24(15-13-23)29-22(4)30/h7-10,12-16,18,26H,11,17H2,1-6H3,(H,29,30)(H,31,32)/p-1/b9-7+,16-10+,19-8+,20-18+. The minimum absolute atomic E-state index is 0.0295. The fourth-order valence-corrected chi connectivity index (χ4v) is 4.39. The van der Waals surface area contributed by atoms with E-state index in [9.17, 15) is 14.7 Å². The van der Waals surface area contributed by atoms with E-state index in [1.165, 1.54) is 23.6 Å². The Morgan fingerprint density at radius 3 is 2.31 bits per heavy atom. The van der Waals surface area contributed by atoms with Crippen molar-refractivity contribution in [1.29, 1.82) is 0 Å². The molecule has 0 heterocycles. The third kappa shape index (κ3) is 6.94. The summed E-state index contributed by atoms with van der Waals surface area (Å²) in [5.41, 5.74) is 6.56. The van der Waals surface area contributed by atoms with Crippen molar-refractivity contribution < 1.29 is 14.7 Å². The molecule has 0 saturated heterocycles. The van der Waals surface area contributed by atoms with Crippen LogP contribution in [-0.2, 0) is 9.59 Å². The minimum atomic E-state index is -1.19. The lowest BCUT2D eigenvalue weighted by Gasteiger charge is -2.41. The molecule has 170 valence electrons. The maximum Gasteiger partial charge on any atom is 0.221 e. The molecule has 32 heavy (non-hydrogen) atoms. The van der Waals surface area contributed by atoms with Gasteiger partial charge in [0.1, 0.15) is 0 Å². The molecule has 0 aromatic heterocycles. The molecule has 1 amide bonds. The van der Waals surface area contributed by atoms with Gasteiger partial charge in [-0.1, -0.05) is 67.5 Å². The van der Waals surface area contributed by atoms with E-state index in [-0.39, 0.29) is 11.3 Å². The Balaban J connectivity index is 2.20. The number of hydrogen-bond acceptors (Lipinski definition) is 3. The van der Waals surface area contributed by atoms with Gasteiger partial charge in [0.15, 0.2) is 0 Å². The van der Waals surface area contributed by atoms with Crippen molar-refractivity contribution >= 4 is 17.6 Å². The number of carboxylic acids is 1. The Labute approximate surface area is 192 Å². The number of amides is 1. The summed E-state index contributed by atoms with van der Waals surface area (Å²) in [5, 5.41) is 13.4. The summed E-state index contributed by atoms with van der Waals surface area (Å²) < 4.78 is 0. The van der Waals surface area contributed by atoms with Crippen molar-refractivity contribution in [3.63, 3.8) is 0 Å². The monoisotopic (exact) mass is 432 g/mol. The first-order valence-corrected chi connectivity index (χ1v) is 11.0. The first-order valence-electron chi connectivity index (χ1n) is 11.0. The minimum Gasteiger partial charge on any atom is -0.545 e. The molecule has 4 heteroatoms. The van der Waals surface area contributed by atoms with Crippen molar-refractivity contribution in [2.24, 2.45) is 5.41 Å². The molecule has 0 aliphatic heterocycles. The lowest BCUT2D eigenvalue weighted by Crippen LogP contribution is -2.28. The maximum absolute atomic E-state index is 11.3. The van der Waals surface area contributed by atoms with Crippen LogP contribution in [0.2, 0.25) is 0 Å². The van der Waals surface area contributed by atoms with Gasteiger partial charge in [-0.15, -0.1) is 0 Å². The first kappa shape index (κ1) is 25.1. The van der Waals surface area contributed by atoms with Crippen LogP contribution in [0.5, 0.6) is 0 Å². The molecule has 1 aromatic rings. The molecule has 1 atom stereocenters. The number of allylic oxidation sites excluding steroid dienone is 9. The molecule has 2 rings (SSSR count). The number of benzene rings is 1. The summed E-state index contributed by atoms with van der Waals surface area (Å²) in [6.45, 7) is 12.1. The van der Waals surface area contributed by atoms with E-state index >= 15 is 0 Å². The lowest BCUT2D eigenvalue weighted by atomic mass is 9.63. The SMILES string of the molecule is CC(=O)Nc1ccc(C2CCC(C)=C(/C=C/C(C)=C/C=C/C(C)=C/C(=O)[O-])C2(C)C)cc1. The number of carbonyl (C=O) groups is 2. The summed E-state index contributed by atoms with van der Waals surface area (Å²) >= 11 is 0. The molecule has 0 radical (unpaired) electrons. The van der Waals surface area contributed by atoms with Crippen LogP contribution in [0, 0.1) is 5.41 Å². The van der Waals surface area contributed by atoms with Crippen LogP contribution >= 0.6 is 0 Å². The second-order valence-electron chi connectivity index (χ2n) is 9.12. The van der Waals surface area contributed by atoms with Gasteiger partial charge in [0, 0.05) is 12.6 Å². The highest BCUT2D eigenvalue weighted by molar-refractivity contribution is 5.88. The van der Waals surface area contributed by atoms with Gasteiger partial charge in [0.05, 0.1) is 5.97 Å². The van der Waals surface area contributed by atoms with Crippen molar-refractivity contribution in [2.75, 3.05) is 5.32 Å². The quantitative estimate of drug-likeness (QED) is 0.449. The first-order chi connectivity index (χ1) is 15.0. The number of anilines is 1. The molecule has 0 bridgehead atoms. The van der Waals surface area contributed by atoms with Gasteiger partial charge >= 0.3 is 0 Å². The molecule has 1 aliphatic carbocycles. The second kappa shape index (κ2) is 10.9. The zero-order chi connectivity index (χ0) is 23.9. The average molecular weight is 433 g/mol. The van der Waals surface area contributed by atoms with Crippen LogP contribution in [0.1, 0.15) is 65.9 Å². The van der Waals surface area contributed by atoms with E-state index < -0.39 is 5.97 Å². The largest absolute Gasteiger partial charge is 0.545 e. The highest BCUT2D eigenvalue weighted by Crippen LogP contribution is 2.50. The summed E-state index contributed by atoms with van der Waals surface area (Å²) in [4.78, 5) is 21.9. The summed E-state index contributed by atoms with van der Waals surface area (Å²) in [6, 6.07) is 8.20. The van der Waals surface area contributed by atoms with Gasteiger partial charge in [-0.3, -0.25) is 4.79 Å². The van der Waals surface area contributed by atoms with E-state index in [2.05, 4.69) is 50.4 Å². The van der Waals surface area contributed by atoms with Gasteiger partial charge in [-0.2, -0.15) is 0 Å². The lowest BCUT2D eigenvalue weighted by molar-refractivity contribution is -0.297. The van der Waals surface area contributed by atoms with Crippen LogP contribution in [0.25, 0.3) is 0 Å². The molecule has 4 nitrogen and oxygen atoms in total. The van der Waals surface area contributed by atoms with E-state index in [1.807, 2.05) is 31.2 Å². The van der Waals surface area contributed by atoms with E-state index in [1.54, 1.807) is 13.0 Å². The van der Waals surface area contributed by atoms with Crippen molar-refractivity contribution in [3.05, 3.63) is 88.6 Å². The Morgan fingerprint density at radius 1 is 1.06 bits per heavy atom. The zero-order valence-corrected chi connectivity index (χ0v) is 20.0. The molecule has 1 aromatic carbocycles. The highest BCUT2D eigenvalue weighted by atomic mass is 16.4. The number of hydrogen-bond donors (Lipinski definition) is 1. The van der Waals surface area contributed by atoms with Crippen LogP contribution in [0.3, 0.4) is 0 Å². The molecular formula is C28H34NO3-. The van der Waals surface area contributed by atoms with Crippen LogP contribution in [0.4, 0.5) is 5.69 Å². The topological polar surface area (TPSA) is 69.2 Å². The number of carbonyl (C=O) groups excluding carboxylic acids is 2. The third-order valence-corrected chi connectivity index (χ3v) is 6.04. The molecule has 0 fully saturated rings. The van der Waals surface area contributed by atoms with Gasteiger partial charge in [0.25, 0.3) is 0 Å². The molecule has 0 spiro atoms. The van der Waals surface area contributed by atoms with Gasteiger partial charge < -0.3 is 15.2 Å². The molecule has 1 N–H and O–H groups in total. The van der Waals surface area contributed by atoms with Crippen LogP contribution in [-0.4, -0.2) is 11.9 Å². The average Bonchev–Trinajstić information content (AvgIpc) is 2.67. The summed E-state index contributed by atoms with van der Waals surface area (Å²) in [7, 11) is 0. The molecule has 1 unspecified atom stereocenters. The van der Waals surface area contributed by atoms with E-state index in [4.69, 9.17) is 0 Å². The van der Waals surface area contributed by atoms with Crippen molar-refractivity contribution in [2.45, 2.75) is 60.3 Å². The smallest absolute Gasteiger partial charge is 0.221 e. The molecule has 0 saturated carbocycles. The Bertz CT molecular complexity index is 1000. The van der Waals surface area contributed by atoms with Gasteiger partial charge in [0.2, 0.25) is 5.91 Å². The predicted molar refractivity (Wildman–Crippen MR) is 130 cm³/mol. The molecular weight excluding hydrogens is 398 g/mol. The zero-order valence-electron chi connectivity index (χ0n) is 20.0.